The minimum absolute atomic E-state index is 0.0604. The highest BCUT2D eigenvalue weighted by Crippen LogP contribution is 2.47. The standard InChI is InChI=1S/C17H16ClNO4/c1-11-16(14(20)6-9-22-11)23-10-15(21)19-17(7-8-17)12-4-2-3-5-13(12)18/h2-6,9H,7-8,10H2,1H3,(H,19,21). The number of benzene rings is 1. The van der Waals surface area contributed by atoms with Gasteiger partial charge in [0.25, 0.3) is 5.91 Å². The first-order chi connectivity index (χ1) is 11.0. The van der Waals surface area contributed by atoms with Gasteiger partial charge in [-0.25, -0.2) is 0 Å². The van der Waals surface area contributed by atoms with E-state index in [1.54, 1.807) is 13.0 Å². The molecular formula is C17H16ClNO4. The molecule has 23 heavy (non-hydrogen) atoms. The summed E-state index contributed by atoms with van der Waals surface area (Å²) in [5.41, 5.74) is 0.175. The third kappa shape index (κ3) is 3.24. The van der Waals surface area contributed by atoms with Crippen LogP contribution in [0.15, 0.2) is 45.8 Å². The van der Waals surface area contributed by atoms with E-state index in [9.17, 15) is 9.59 Å². The highest BCUT2D eigenvalue weighted by atomic mass is 35.5. The van der Waals surface area contributed by atoms with Gasteiger partial charge in [-0.1, -0.05) is 29.8 Å². The molecule has 0 aliphatic heterocycles. The first-order valence-corrected chi connectivity index (χ1v) is 7.67. The fourth-order valence-electron chi connectivity index (χ4n) is 2.55. The molecule has 1 aliphatic carbocycles. The predicted octanol–water partition coefficient (Wildman–Crippen LogP) is 2.79. The van der Waals surface area contributed by atoms with E-state index in [4.69, 9.17) is 20.8 Å². The Bertz CT molecular complexity index is 795. The number of halogens is 1. The van der Waals surface area contributed by atoms with Crippen LogP contribution >= 0.6 is 11.6 Å². The molecule has 0 radical (unpaired) electrons. The number of carbonyl (C=O) groups is 1. The summed E-state index contributed by atoms with van der Waals surface area (Å²) in [5, 5.41) is 3.58. The Morgan fingerprint density at radius 1 is 1.35 bits per heavy atom. The van der Waals surface area contributed by atoms with Crippen LogP contribution < -0.4 is 15.5 Å². The number of hydrogen-bond donors (Lipinski definition) is 1. The van der Waals surface area contributed by atoms with E-state index < -0.39 is 5.54 Å². The molecule has 0 saturated heterocycles. The summed E-state index contributed by atoms with van der Waals surface area (Å²) in [6, 6.07) is 8.71. The molecule has 1 saturated carbocycles. The number of ether oxygens (including phenoxy) is 1. The van der Waals surface area contributed by atoms with E-state index in [2.05, 4.69) is 5.32 Å². The first kappa shape index (κ1) is 15.6. The fourth-order valence-corrected chi connectivity index (χ4v) is 2.87. The summed E-state index contributed by atoms with van der Waals surface area (Å²) in [7, 11) is 0. The van der Waals surface area contributed by atoms with Crippen LogP contribution in [0, 0.1) is 6.92 Å². The van der Waals surface area contributed by atoms with Gasteiger partial charge in [0.1, 0.15) is 5.76 Å². The molecule has 1 aromatic heterocycles. The van der Waals surface area contributed by atoms with Crippen molar-refractivity contribution < 1.29 is 13.9 Å². The maximum Gasteiger partial charge on any atom is 0.258 e. The van der Waals surface area contributed by atoms with Gasteiger partial charge in [-0.15, -0.1) is 0 Å². The van der Waals surface area contributed by atoms with Crippen LogP contribution in [-0.4, -0.2) is 12.5 Å². The van der Waals surface area contributed by atoms with Crippen LogP contribution in [-0.2, 0) is 10.3 Å². The van der Waals surface area contributed by atoms with Gasteiger partial charge in [0.2, 0.25) is 11.2 Å². The number of nitrogens with one attached hydrogen (secondary N) is 1. The van der Waals surface area contributed by atoms with Gasteiger partial charge >= 0.3 is 0 Å². The predicted molar refractivity (Wildman–Crippen MR) is 85.7 cm³/mol. The molecule has 1 amide bonds. The van der Waals surface area contributed by atoms with Crippen molar-refractivity contribution in [3.63, 3.8) is 0 Å². The third-order valence-corrected chi connectivity index (χ3v) is 4.20. The monoisotopic (exact) mass is 333 g/mol. The van der Waals surface area contributed by atoms with Crippen LogP contribution in [0.5, 0.6) is 5.75 Å². The maximum absolute atomic E-state index is 12.2. The lowest BCUT2D eigenvalue weighted by molar-refractivity contribution is -0.124. The van der Waals surface area contributed by atoms with E-state index in [-0.39, 0.29) is 23.7 Å². The lowest BCUT2D eigenvalue weighted by atomic mass is 10.0. The number of hydrogen-bond acceptors (Lipinski definition) is 4. The molecule has 3 rings (SSSR count). The van der Waals surface area contributed by atoms with Crippen molar-refractivity contribution in [3.05, 3.63) is 63.2 Å². The normalized spacial score (nSPS) is 15.0. The average molecular weight is 334 g/mol. The lowest BCUT2D eigenvalue weighted by Crippen LogP contribution is -2.38. The topological polar surface area (TPSA) is 68.5 Å². The van der Waals surface area contributed by atoms with Crippen LogP contribution in [0.4, 0.5) is 0 Å². The summed E-state index contributed by atoms with van der Waals surface area (Å²) < 4.78 is 10.4. The summed E-state index contributed by atoms with van der Waals surface area (Å²) in [6.07, 6.45) is 2.95. The highest BCUT2D eigenvalue weighted by molar-refractivity contribution is 6.31. The van der Waals surface area contributed by atoms with E-state index in [0.29, 0.717) is 10.8 Å². The third-order valence-electron chi connectivity index (χ3n) is 3.87. The zero-order chi connectivity index (χ0) is 16.4. The molecule has 0 unspecified atom stereocenters. The second-order valence-corrected chi connectivity index (χ2v) is 5.98. The Kier molecular flexibility index (Phi) is 4.13. The van der Waals surface area contributed by atoms with Gasteiger partial charge < -0.3 is 14.5 Å². The van der Waals surface area contributed by atoms with E-state index in [1.165, 1.54) is 12.3 Å². The zero-order valence-corrected chi connectivity index (χ0v) is 13.4. The number of amides is 1. The van der Waals surface area contributed by atoms with E-state index in [0.717, 1.165) is 18.4 Å². The van der Waals surface area contributed by atoms with Crippen molar-refractivity contribution in [1.29, 1.82) is 0 Å². The molecule has 1 aromatic carbocycles. The van der Waals surface area contributed by atoms with Gasteiger partial charge in [-0.2, -0.15) is 0 Å². The number of rotatable bonds is 5. The summed E-state index contributed by atoms with van der Waals surface area (Å²) in [6.45, 7) is 1.36. The average Bonchev–Trinajstić information content (AvgIpc) is 3.27. The maximum atomic E-state index is 12.2. The first-order valence-electron chi connectivity index (χ1n) is 7.29. The molecule has 1 fully saturated rings. The van der Waals surface area contributed by atoms with Gasteiger partial charge in [0.05, 0.1) is 11.8 Å². The Morgan fingerprint density at radius 3 is 2.74 bits per heavy atom. The molecule has 5 nitrogen and oxygen atoms in total. The SMILES string of the molecule is Cc1occc(=O)c1OCC(=O)NC1(c2ccccc2Cl)CC1. The van der Waals surface area contributed by atoms with Crippen molar-refractivity contribution in [3.8, 4) is 5.75 Å². The minimum Gasteiger partial charge on any atom is -0.476 e. The van der Waals surface area contributed by atoms with Crippen LogP contribution in [0.25, 0.3) is 0 Å². The zero-order valence-electron chi connectivity index (χ0n) is 12.6. The summed E-state index contributed by atoms with van der Waals surface area (Å²) >= 11 is 6.21. The molecule has 120 valence electrons. The van der Waals surface area contributed by atoms with Crippen molar-refractivity contribution >= 4 is 17.5 Å². The Balaban J connectivity index is 1.67. The fraction of sp³-hybridized carbons (Fsp3) is 0.294. The quantitative estimate of drug-likeness (QED) is 0.913. The van der Waals surface area contributed by atoms with Crippen molar-refractivity contribution in [2.75, 3.05) is 6.61 Å². The van der Waals surface area contributed by atoms with E-state index >= 15 is 0 Å². The molecule has 6 heteroatoms. The van der Waals surface area contributed by atoms with Gasteiger partial charge in [-0.05, 0) is 31.4 Å². The number of aryl methyl sites for hydroxylation is 1. The Hall–Kier alpha value is -2.27. The van der Waals surface area contributed by atoms with Crippen LogP contribution in [0.2, 0.25) is 5.02 Å². The molecule has 2 aromatic rings. The minimum atomic E-state index is -0.421. The molecular weight excluding hydrogens is 318 g/mol. The van der Waals surface area contributed by atoms with Crippen molar-refractivity contribution in [1.82, 2.24) is 5.32 Å². The van der Waals surface area contributed by atoms with Gasteiger partial charge in [0.15, 0.2) is 6.61 Å². The number of carbonyl (C=O) groups excluding carboxylic acids is 1. The summed E-state index contributed by atoms with van der Waals surface area (Å²) in [5.74, 6) is 0.104. The smallest absolute Gasteiger partial charge is 0.258 e. The molecule has 0 atom stereocenters. The molecule has 1 aliphatic rings. The lowest BCUT2D eigenvalue weighted by Gasteiger charge is -2.19. The van der Waals surface area contributed by atoms with Crippen molar-refractivity contribution in [2.45, 2.75) is 25.3 Å². The van der Waals surface area contributed by atoms with E-state index in [1.807, 2.05) is 18.2 Å². The summed E-state index contributed by atoms with van der Waals surface area (Å²) in [4.78, 5) is 23.8. The molecule has 1 heterocycles. The van der Waals surface area contributed by atoms with Crippen LogP contribution in [0.1, 0.15) is 24.2 Å². The second-order valence-electron chi connectivity index (χ2n) is 5.57. The van der Waals surface area contributed by atoms with Crippen molar-refractivity contribution in [2.24, 2.45) is 0 Å². The van der Waals surface area contributed by atoms with Crippen LogP contribution in [0.3, 0.4) is 0 Å². The Labute approximate surface area is 138 Å². The second kappa shape index (κ2) is 6.08. The van der Waals surface area contributed by atoms with Gasteiger partial charge in [0, 0.05) is 11.1 Å². The highest BCUT2D eigenvalue weighted by Gasteiger charge is 2.46. The van der Waals surface area contributed by atoms with Gasteiger partial charge in [-0.3, -0.25) is 9.59 Å². The molecule has 0 bridgehead atoms. The molecule has 0 spiro atoms. The Morgan fingerprint density at radius 2 is 2.09 bits per heavy atom. The molecule has 1 N–H and O–H groups in total. The largest absolute Gasteiger partial charge is 0.476 e.